The van der Waals surface area contributed by atoms with Crippen molar-refractivity contribution >= 4 is 29.0 Å². The van der Waals surface area contributed by atoms with Crippen LogP contribution < -0.4 is 11.1 Å². The van der Waals surface area contributed by atoms with Gasteiger partial charge in [0.2, 0.25) is 11.8 Å². The molecule has 0 spiro atoms. The SMILES string of the molecule is CC(=O)N1CC(C(=O)N(C)Cc2ccc(NC(=C/N)/C(=N/c3ccccn3)C(F)(F)F)cc2)C1. The smallest absolute Gasteiger partial charge is 0.403 e. The molecular formula is C23H25F3N6O2. The highest BCUT2D eigenvalue weighted by atomic mass is 19.4. The number of hydrogen-bond acceptors (Lipinski definition) is 6. The number of nitrogens with zero attached hydrogens (tertiary/aromatic N) is 4. The Hall–Kier alpha value is -3.89. The molecule has 1 aromatic carbocycles. The first kappa shape index (κ1) is 24.7. The van der Waals surface area contributed by atoms with Gasteiger partial charge in [-0.1, -0.05) is 18.2 Å². The predicted molar refractivity (Wildman–Crippen MR) is 122 cm³/mol. The molecule has 1 aliphatic rings. The highest BCUT2D eigenvalue weighted by Crippen LogP contribution is 2.26. The zero-order valence-electron chi connectivity index (χ0n) is 18.7. The molecule has 3 rings (SSSR count). The number of benzene rings is 1. The number of aromatic nitrogens is 1. The number of nitrogens with two attached hydrogens (primary N) is 1. The number of likely N-dealkylation sites (tertiary alicyclic amines) is 1. The molecule has 34 heavy (non-hydrogen) atoms. The van der Waals surface area contributed by atoms with E-state index in [-0.39, 0.29) is 23.6 Å². The number of aliphatic imine (C=N–C) groups is 1. The van der Waals surface area contributed by atoms with E-state index in [1.165, 1.54) is 25.3 Å². The Morgan fingerprint density at radius 3 is 2.44 bits per heavy atom. The molecule has 0 aliphatic carbocycles. The lowest BCUT2D eigenvalue weighted by Gasteiger charge is -2.39. The van der Waals surface area contributed by atoms with E-state index in [1.807, 2.05) is 0 Å². The van der Waals surface area contributed by atoms with E-state index >= 15 is 0 Å². The van der Waals surface area contributed by atoms with Crippen molar-refractivity contribution < 1.29 is 22.8 Å². The van der Waals surface area contributed by atoms with E-state index < -0.39 is 17.6 Å². The Morgan fingerprint density at radius 1 is 1.24 bits per heavy atom. The topological polar surface area (TPSA) is 104 Å². The lowest BCUT2D eigenvalue weighted by molar-refractivity contribution is -0.146. The van der Waals surface area contributed by atoms with Crippen molar-refractivity contribution in [3.8, 4) is 0 Å². The van der Waals surface area contributed by atoms with E-state index in [2.05, 4.69) is 15.3 Å². The summed E-state index contributed by atoms with van der Waals surface area (Å²) in [5.41, 5.74) is 5.01. The maximum Gasteiger partial charge on any atom is 0.435 e. The van der Waals surface area contributed by atoms with Gasteiger partial charge in [0.15, 0.2) is 11.5 Å². The number of allylic oxidation sites excluding steroid dienone is 1. The summed E-state index contributed by atoms with van der Waals surface area (Å²) >= 11 is 0. The van der Waals surface area contributed by atoms with Gasteiger partial charge in [-0.25, -0.2) is 9.98 Å². The molecule has 8 nitrogen and oxygen atoms in total. The summed E-state index contributed by atoms with van der Waals surface area (Å²) in [5, 5.41) is 2.65. The normalized spacial score (nSPS) is 15.0. The minimum absolute atomic E-state index is 0.0561. The van der Waals surface area contributed by atoms with Crippen LogP contribution in [0.3, 0.4) is 0 Å². The molecule has 0 bridgehead atoms. The van der Waals surface area contributed by atoms with Gasteiger partial charge in [-0.15, -0.1) is 0 Å². The van der Waals surface area contributed by atoms with E-state index in [1.54, 1.807) is 47.2 Å². The van der Waals surface area contributed by atoms with E-state index in [4.69, 9.17) is 5.73 Å². The number of carbonyl (C=O) groups is 2. The molecule has 180 valence electrons. The Balaban J connectivity index is 1.66. The van der Waals surface area contributed by atoms with Crippen LogP contribution >= 0.6 is 0 Å². The molecule has 0 atom stereocenters. The van der Waals surface area contributed by atoms with Crippen molar-refractivity contribution in [1.29, 1.82) is 0 Å². The van der Waals surface area contributed by atoms with Gasteiger partial charge in [0, 0.05) is 51.7 Å². The molecule has 1 saturated heterocycles. The fraction of sp³-hybridized carbons (Fsp3) is 0.304. The standard InChI is InChI=1S/C23H25F3N6O2/c1-15(33)32-13-17(14-32)22(34)31(2)12-16-6-8-18(9-7-16)29-19(11-27)21(23(24,25)26)30-20-5-3-4-10-28-20/h3-11,17,29H,12-14,27H2,1-2H3/b19-11+,30-21-. The summed E-state index contributed by atoms with van der Waals surface area (Å²) in [5.74, 6) is -0.434. The first-order chi connectivity index (χ1) is 16.1. The summed E-state index contributed by atoms with van der Waals surface area (Å²) in [6.45, 7) is 2.62. The van der Waals surface area contributed by atoms with E-state index in [9.17, 15) is 22.8 Å². The van der Waals surface area contributed by atoms with Gasteiger partial charge in [-0.2, -0.15) is 13.2 Å². The van der Waals surface area contributed by atoms with Gasteiger partial charge >= 0.3 is 6.18 Å². The van der Waals surface area contributed by atoms with Crippen LogP contribution in [0.4, 0.5) is 24.7 Å². The number of rotatable bonds is 7. The van der Waals surface area contributed by atoms with Gasteiger partial charge < -0.3 is 20.9 Å². The first-order valence-corrected chi connectivity index (χ1v) is 10.4. The number of amides is 2. The number of pyridine rings is 1. The van der Waals surface area contributed by atoms with Gasteiger partial charge in [-0.3, -0.25) is 9.59 Å². The summed E-state index contributed by atoms with van der Waals surface area (Å²) in [6, 6.07) is 11.0. The van der Waals surface area contributed by atoms with Crippen molar-refractivity contribution in [2.75, 3.05) is 25.5 Å². The van der Waals surface area contributed by atoms with Crippen molar-refractivity contribution in [3.63, 3.8) is 0 Å². The fourth-order valence-electron chi connectivity index (χ4n) is 3.39. The van der Waals surface area contributed by atoms with Crippen LogP contribution in [-0.4, -0.2) is 58.6 Å². The summed E-state index contributed by atoms with van der Waals surface area (Å²) < 4.78 is 40.9. The first-order valence-electron chi connectivity index (χ1n) is 10.4. The monoisotopic (exact) mass is 474 g/mol. The highest BCUT2D eigenvalue weighted by molar-refractivity contribution is 6.07. The lowest BCUT2D eigenvalue weighted by atomic mass is 9.98. The van der Waals surface area contributed by atoms with Crippen molar-refractivity contribution in [3.05, 3.63) is 66.1 Å². The van der Waals surface area contributed by atoms with E-state index in [0.29, 0.717) is 25.3 Å². The molecular weight excluding hydrogens is 449 g/mol. The quantitative estimate of drug-likeness (QED) is 0.601. The molecule has 3 N–H and O–H groups in total. The third-order valence-electron chi connectivity index (χ3n) is 5.27. The van der Waals surface area contributed by atoms with Crippen LogP contribution in [0.2, 0.25) is 0 Å². The van der Waals surface area contributed by atoms with Crippen molar-refractivity contribution in [1.82, 2.24) is 14.8 Å². The molecule has 1 aromatic heterocycles. The number of alkyl halides is 3. The Bertz CT molecular complexity index is 1080. The highest BCUT2D eigenvalue weighted by Gasteiger charge is 2.39. The van der Waals surface area contributed by atoms with Crippen LogP contribution in [0.15, 0.2) is 65.6 Å². The number of anilines is 1. The molecule has 2 heterocycles. The molecule has 0 unspecified atom stereocenters. The lowest BCUT2D eigenvalue weighted by Crippen LogP contribution is -2.55. The van der Waals surface area contributed by atoms with Gasteiger partial charge in [0.1, 0.15) is 0 Å². The largest absolute Gasteiger partial charge is 0.435 e. The zero-order chi connectivity index (χ0) is 24.9. The average molecular weight is 474 g/mol. The predicted octanol–water partition coefficient (Wildman–Crippen LogP) is 3.07. The fourth-order valence-corrected chi connectivity index (χ4v) is 3.39. The van der Waals surface area contributed by atoms with Crippen LogP contribution in [0.1, 0.15) is 12.5 Å². The molecule has 1 fully saturated rings. The molecule has 2 aromatic rings. The molecule has 2 amide bonds. The molecule has 0 radical (unpaired) electrons. The molecule has 11 heteroatoms. The number of carbonyl (C=O) groups excluding carboxylic acids is 2. The van der Waals surface area contributed by atoms with Gasteiger partial charge in [-0.05, 0) is 29.8 Å². The van der Waals surface area contributed by atoms with Crippen molar-refractivity contribution in [2.45, 2.75) is 19.6 Å². The van der Waals surface area contributed by atoms with Gasteiger partial charge in [0.25, 0.3) is 0 Å². The van der Waals surface area contributed by atoms with E-state index in [0.717, 1.165) is 11.8 Å². The Labute approximate surface area is 195 Å². The minimum atomic E-state index is -4.77. The third kappa shape index (κ3) is 6.12. The summed E-state index contributed by atoms with van der Waals surface area (Å²) in [7, 11) is 1.67. The third-order valence-corrected chi connectivity index (χ3v) is 5.27. The Morgan fingerprint density at radius 2 is 1.91 bits per heavy atom. The number of nitrogens with one attached hydrogen (secondary N) is 1. The maximum atomic E-state index is 13.6. The number of hydrogen-bond donors (Lipinski definition) is 2. The molecule has 0 saturated carbocycles. The maximum absolute atomic E-state index is 13.6. The second kappa shape index (κ2) is 10.4. The van der Waals surface area contributed by atoms with Crippen LogP contribution in [-0.2, 0) is 16.1 Å². The second-order valence-corrected chi connectivity index (χ2v) is 7.86. The second-order valence-electron chi connectivity index (χ2n) is 7.86. The van der Waals surface area contributed by atoms with Crippen LogP contribution in [0.25, 0.3) is 0 Å². The van der Waals surface area contributed by atoms with Gasteiger partial charge in [0.05, 0.1) is 11.6 Å². The molecule has 1 aliphatic heterocycles. The van der Waals surface area contributed by atoms with Crippen LogP contribution in [0, 0.1) is 5.92 Å². The summed E-state index contributed by atoms with van der Waals surface area (Å²) in [6.07, 6.45) is -2.62. The average Bonchev–Trinajstić information content (AvgIpc) is 2.76. The summed E-state index contributed by atoms with van der Waals surface area (Å²) in [4.78, 5) is 34.4. The van der Waals surface area contributed by atoms with Crippen molar-refractivity contribution in [2.24, 2.45) is 16.6 Å². The Kier molecular flexibility index (Phi) is 7.54. The zero-order valence-corrected chi connectivity index (χ0v) is 18.7. The minimum Gasteiger partial charge on any atom is -0.403 e. The number of halogens is 3. The van der Waals surface area contributed by atoms with Crippen LogP contribution in [0.5, 0.6) is 0 Å².